The van der Waals surface area contributed by atoms with Crippen LogP contribution < -0.4 is 0 Å². The maximum atomic E-state index is 11.7. The van der Waals surface area contributed by atoms with Crippen LogP contribution in [0.4, 0.5) is 0 Å². The molecule has 0 bridgehead atoms. The number of hydrogen-bond acceptors (Lipinski definition) is 1. The van der Waals surface area contributed by atoms with Gasteiger partial charge in [-0.1, -0.05) is 74.5 Å². The first-order valence-corrected chi connectivity index (χ1v) is 7.83. The summed E-state index contributed by atoms with van der Waals surface area (Å²) in [7, 11) is 0. The van der Waals surface area contributed by atoms with Crippen molar-refractivity contribution in [1.29, 1.82) is 0 Å². The molecule has 0 saturated heterocycles. The summed E-state index contributed by atoms with van der Waals surface area (Å²) in [5.41, 5.74) is -0.244. The summed E-state index contributed by atoms with van der Waals surface area (Å²) in [5, 5.41) is 11.7. The van der Waals surface area contributed by atoms with Crippen LogP contribution in [0, 0.1) is 11.3 Å². The van der Waals surface area contributed by atoms with Crippen molar-refractivity contribution in [3.8, 4) is 0 Å². The van der Waals surface area contributed by atoms with E-state index in [2.05, 4.69) is 0 Å². The topological polar surface area (TPSA) is 20.2 Å². The molecule has 0 aromatic heterocycles. The van der Waals surface area contributed by atoms with Crippen LogP contribution in [0.3, 0.4) is 0 Å². The fourth-order valence-electron chi connectivity index (χ4n) is 3.41. The van der Waals surface area contributed by atoms with E-state index in [1.807, 2.05) is 74.5 Å². The summed E-state index contributed by atoms with van der Waals surface area (Å²) in [6.45, 7) is 3.94. The number of halogens is 2. The Labute approximate surface area is 135 Å². The van der Waals surface area contributed by atoms with Crippen molar-refractivity contribution in [3.63, 3.8) is 0 Å². The standard InChI is InChI=1S/C18H18Cl2O/c1-13-16(2,18(13,19)20)17(21,14-9-5-3-6-10-14)15-11-7-4-8-12-15/h3-13,21H,1-2H3/t13-,16-/m0/s1. The SMILES string of the molecule is C[C@@H]1C(Cl)(Cl)[C@]1(C)C(O)(c1ccccc1)c1ccccc1. The van der Waals surface area contributed by atoms with Crippen molar-refractivity contribution in [3.05, 3.63) is 71.8 Å². The molecular formula is C18H18Cl2O. The Balaban J connectivity index is 2.23. The number of aliphatic hydroxyl groups is 1. The highest BCUT2D eigenvalue weighted by molar-refractivity contribution is 6.52. The fraction of sp³-hybridized carbons (Fsp3) is 0.333. The summed E-state index contributed by atoms with van der Waals surface area (Å²) < 4.78 is -0.951. The number of rotatable bonds is 3. The second kappa shape index (κ2) is 4.74. The predicted octanol–water partition coefficient (Wildman–Crippen LogP) is 4.75. The molecule has 3 rings (SSSR count). The first-order valence-electron chi connectivity index (χ1n) is 7.08. The molecule has 0 heterocycles. The molecule has 2 atom stereocenters. The second-order valence-corrected chi connectivity index (χ2v) is 7.38. The molecule has 0 radical (unpaired) electrons. The maximum Gasteiger partial charge on any atom is 0.130 e. The van der Waals surface area contributed by atoms with Crippen molar-refractivity contribution in [2.75, 3.05) is 0 Å². The zero-order valence-corrected chi connectivity index (χ0v) is 13.6. The van der Waals surface area contributed by atoms with Gasteiger partial charge in [-0.2, -0.15) is 0 Å². The summed E-state index contributed by atoms with van der Waals surface area (Å²) in [6, 6.07) is 19.2. The van der Waals surface area contributed by atoms with E-state index < -0.39 is 15.3 Å². The average Bonchev–Trinajstić information content (AvgIpc) is 2.93. The minimum atomic E-state index is -1.22. The van der Waals surface area contributed by atoms with Crippen molar-refractivity contribution in [1.82, 2.24) is 0 Å². The monoisotopic (exact) mass is 320 g/mol. The Kier molecular flexibility index (Phi) is 3.36. The molecule has 2 aromatic rings. The van der Waals surface area contributed by atoms with Gasteiger partial charge in [-0.25, -0.2) is 0 Å². The van der Waals surface area contributed by atoms with E-state index >= 15 is 0 Å². The molecule has 1 N–H and O–H groups in total. The van der Waals surface area contributed by atoms with E-state index in [4.69, 9.17) is 23.2 Å². The van der Waals surface area contributed by atoms with Gasteiger partial charge in [0.25, 0.3) is 0 Å². The fourth-order valence-corrected chi connectivity index (χ4v) is 4.34. The first kappa shape index (κ1) is 14.9. The zero-order valence-electron chi connectivity index (χ0n) is 12.1. The Morgan fingerprint density at radius 1 is 0.905 bits per heavy atom. The molecule has 1 nitrogen and oxygen atoms in total. The molecule has 1 fully saturated rings. The smallest absolute Gasteiger partial charge is 0.130 e. The molecule has 0 aliphatic heterocycles. The summed E-state index contributed by atoms with van der Waals surface area (Å²) in [6.07, 6.45) is 0. The first-order chi connectivity index (χ1) is 9.87. The Morgan fingerprint density at radius 2 is 1.24 bits per heavy atom. The van der Waals surface area contributed by atoms with Crippen LogP contribution in [-0.2, 0) is 5.60 Å². The van der Waals surface area contributed by atoms with E-state index in [1.54, 1.807) is 0 Å². The van der Waals surface area contributed by atoms with Crippen LogP contribution in [0.5, 0.6) is 0 Å². The van der Waals surface area contributed by atoms with Crippen LogP contribution in [0.15, 0.2) is 60.7 Å². The second-order valence-electron chi connectivity index (χ2n) is 5.99. The Bertz CT molecular complexity index is 599. The van der Waals surface area contributed by atoms with Crippen molar-refractivity contribution >= 4 is 23.2 Å². The molecule has 1 saturated carbocycles. The van der Waals surface area contributed by atoms with Crippen LogP contribution >= 0.6 is 23.2 Å². The molecule has 1 aliphatic carbocycles. The zero-order chi connectivity index (χ0) is 15.3. The van der Waals surface area contributed by atoms with Crippen LogP contribution in [-0.4, -0.2) is 9.44 Å². The third-order valence-electron chi connectivity index (χ3n) is 5.15. The summed E-state index contributed by atoms with van der Waals surface area (Å²) >= 11 is 13.0. The number of benzene rings is 2. The van der Waals surface area contributed by atoms with Gasteiger partial charge in [-0.15, -0.1) is 23.2 Å². The third kappa shape index (κ3) is 1.81. The van der Waals surface area contributed by atoms with Crippen molar-refractivity contribution in [2.24, 2.45) is 11.3 Å². The lowest BCUT2D eigenvalue weighted by Crippen LogP contribution is -2.40. The molecule has 0 amide bonds. The molecule has 21 heavy (non-hydrogen) atoms. The van der Waals surface area contributed by atoms with Gasteiger partial charge in [0, 0.05) is 11.3 Å². The van der Waals surface area contributed by atoms with Crippen molar-refractivity contribution < 1.29 is 5.11 Å². The van der Waals surface area contributed by atoms with E-state index in [9.17, 15) is 5.11 Å². The van der Waals surface area contributed by atoms with E-state index in [1.165, 1.54) is 0 Å². The quantitative estimate of drug-likeness (QED) is 0.809. The van der Waals surface area contributed by atoms with Gasteiger partial charge in [0.05, 0.1) is 0 Å². The largest absolute Gasteiger partial charge is 0.380 e. The van der Waals surface area contributed by atoms with Crippen LogP contribution in [0.2, 0.25) is 0 Å². The molecule has 110 valence electrons. The Hall–Kier alpha value is -1.02. The average molecular weight is 321 g/mol. The van der Waals surface area contributed by atoms with Gasteiger partial charge in [-0.05, 0) is 11.1 Å². The summed E-state index contributed by atoms with van der Waals surface area (Å²) in [5.74, 6) is -0.0151. The van der Waals surface area contributed by atoms with Crippen LogP contribution in [0.1, 0.15) is 25.0 Å². The highest BCUT2D eigenvalue weighted by atomic mass is 35.5. The van der Waals surface area contributed by atoms with Crippen molar-refractivity contribution in [2.45, 2.75) is 23.8 Å². The number of alkyl halides is 2. The predicted molar refractivity (Wildman–Crippen MR) is 87.6 cm³/mol. The lowest BCUT2D eigenvalue weighted by molar-refractivity contribution is 0.00156. The Morgan fingerprint density at radius 3 is 1.52 bits per heavy atom. The minimum Gasteiger partial charge on any atom is -0.380 e. The van der Waals surface area contributed by atoms with Crippen LogP contribution in [0.25, 0.3) is 0 Å². The highest BCUT2D eigenvalue weighted by Crippen LogP contribution is 2.76. The van der Waals surface area contributed by atoms with Gasteiger partial charge in [-0.3, -0.25) is 0 Å². The van der Waals surface area contributed by atoms with E-state index in [0.29, 0.717) is 0 Å². The van der Waals surface area contributed by atoms with Gasteiger partial charge in [0.15, 0.2) is 0 Å². The van der Waals surface area contributed by atoms with Gasteiger partial charge >= 0.3 is 0 Å². The highest BCUT2D eigenvalue weighted by Gasteiger charge is 2.79. The van der Waals surface area contributed by atoms with E-state index in [-0.39, 0.29) is 5.92 Å². The van der Waals surface area contributed by atoms with Gasteiger partial charge in [0.2, 0.25) is 0 Å². The minimum absolute atomic E-state index is 0.0151. The van der Waals surface area contributed by atoms with E-state index in [0.717, 1.165) is 11.1 Å². The summed E-state index contributed by atoms with van der Waals surface area (Å²) in [4.78, 5) is 0. The molecular weight excluding hydrogens is 303 g/mol. The van der Waals surface area contributed by atoms with Gasteiger partial charge in [0.1, 0.15) is 9.93 Å². The third-order valence-corrected chi connectivity index (χ3v) is 6.59. The molecule has 2 aromatic carbocycles. The van der Waals surface area contributed by atoms with Gasteiger partial charge < -0.3 is 5.11 Å². The molecule has 0 spiro atoms. The normalized spacial score (nSPS) is 27.4. The molecule has 1 aliphatic rings. The maximum absolute atomic E-state index is 11.7. The number of hydrogen-bond donors (Lipinski definition) is 1. The molecule has 3 heteroatoms. The lowest BCUT2D eigenvalue weighted by atomic mass is 9.73. The molecule has 0 unspecified atom stereocenters. The lowest BCUT2D eigenvalue weighted by Gasteiger charge is -2.37.